The molecule has 0 aliphatic heterocycles. The smallest absolute Gasteiger partial charge is 0.212 e. The van der Waals surface area contributed by atoms with Gasteiger partial charge in [-0.3, -0.25) is 0 Å². The average Bonchev–Trinajstić information content (AvgIpc) is 2.83. The number of sulfonamides is 1. The van der Waals surface area contributed by atoms with Crippen LogP contribution in [0.2, 0.25) is 0 Å². The normalized spacial score (nSPS) is 20.0. The lowest BCUT2D eigenvalue weighted by atomic mass is 10.1. The third kappa shape index (κ3) is 3.44. The van der Waals surface area contributed by atoms with Crippen LogP contribution in [0.1, 0.15) is 60.8 Å². The SMILES string of the molecule is CC(C)C[C@H](C)N(C1CC1)S(=O)(=O)C(C)(C)C. The molecule has 1 aliphatic carbocycles. The Morgan fingerprint density at radius 3 is 1.94 bits per heavy atom. The summed E-state index contributed by atoms with van der Waals surface area (Å²) < 4.78 is 26.3. The predicted octanol–water partition coefficient (Wildman–Crippen LogP) is 3.01. The molecule has 17 heavy (non-hydrogen) atoms. The van der Waals surface area contributed by atoms with Crippen molar-refractivity contribution in [2.45, 2.75) is 77.6 Å². The van der Waals surface area contributed by atoms with E-state index >= 15 is 0 Å². The van der Waals surface area contributed by atoms with Gasteiger partial charge in [-0.1, -0.05) is 13.8 Å². The number of rotatable bonds is 5. The topological polar surface area (TPSA) is 37.4 Å². The Hall–Kier alpha value is -0.0900. The first-order chi connectivity index (χ1) is 7.57. The summed E-state index contributed by atoms with van der Waals surface area (Å²) >= 11 is 0. The summed E-state index contributed by atoms with van der Waals surface area (Å²) in [7, 11) is -3.19. The molecule has 0 saturated heterocycles. The molecule has 102 valence electrons. The van der Waals surface area contributed by atoms with Crippen molar-refractivity contribution in [1.29, 1.82) is 0 Å². The minimum absolute atomic E-state index is 0.117. The monoisotopic (exact) mass is 261 g/mol. The maximum Gasteiger partial charge on any atom is 0.219 e. The van der Waals surface area contributed by atoms with E-state index in [0.717, 1.165) is 19.3 Å². The van der Waals surface area contributed by atoms with Crippen LogP contribution in [0, 0.1) is 5.92 Å². The van der Waals surface area contributed by atoms with Gasteiger partial charge in [-0.25, -0.2) is 8.42 Å². The zero-order valence-electron chi connectivity index (χ0n) is 12.0. The minimum atomic E-state index is -3.19. The number of nitrogens with zero attached hydrogens (tertiary/aromatic N) is 1. The highest BCUT2D eigenvalue weighted by molar-refractivity contribution is 7.90. The van der Waals surface area contributed by atoms with E-state index in [1.165, 1.54) is 0 Å². The molecule has 0 aromatic heterocycles. The van der Waals surface area contributed by atoms with Gasteiger partial charge >= 0.3 is 0 Å². The molecule has 0 bridgehead atoms. The lowest BCUT2D eigenvalue weighted by molar-refractivity contribution is 0.283. The Balaban J connectivity index is 2.94. The quantitative estimate of drug-likeness (QED) is 0.763. The molecular formula is C13H27NO2S. The lowest BCUT2D eigenvalue weighted by Gasteiger charge is -2.35. The summed E-state index contributed by atoms with van der Waals surface area (Å²) in [6.07, 6.45) is 2.99. The van der Waals surface area contributed by atoms with Crippen LogP contribution < -0.4 is 0 Å². The van der Waals surface area contributed by atoms with E-state index < -0.39 is 14.8 Å². The third-order valence-corrected chi connectivity index (χ3v) is 5.97. The number of hydrogen-bond acceptors (Lipinski definition) is 2. The fraction of sp³-hybridized carbons (Fsp3) is 1.00. The summed E-state index contributed by atoms with van der Waals surface area (Å²) in [5, 5.41) is 0. The first kappa shape index (κ1) is 15.0. The second-order valence-corrected chi connectivity index (χ2v) is 9.25. The molecule has 0 spiro atoms. The zero-order valence-corrected chi connectivity index (χ0v) is 12.8. The van der Waals surface area contributed by atoms with Crippen LogP contribution in [-0.4, -0.2) is 29.6 Å². The molecule has 0 amide bonds. The first-order valence-electron chi connectivity index (χ1n) is 6.60. The van der Waals surface area contributed by atoms with Gasteiger partial charge in [-0.2, -0.15) is 4.31 Å². The molecule has 4 heteroatoms. The minimum Gasteiger partial charge on any atom is -0.212 e. The van der Waals surface area contributed by atoms with Crippen LogP contribution in [-0.2, 0) is 10.0 Å². The van der Waals surface area contributed by atoms with Crippen molar-refractivity contribution in [3.05, 3.63) is 0 Å². The van der Waals surface area contributed by atoms with Gasteiger partial charge in [0.15, 0.2) is 0 Å². The molecule has 1 atom stereocenters. The molecule has 0 heterocycles. The van der Waals surface area contributed by atoms with Gasteiger partial charge in [-0.15, -0.1) is 0 Å². The highest BCUT2D eigenvalue weighted by Gasteiger charge is 2.45. The van der Waals surface area contributed by atoms with Crippen LogP contribution in [0.25, 0.3) is 0 Å². The maximum absolute atomic E-state index is 12.6. The summed E-state index contributed by atoms with van der Waals surface area (Å²) in [5.74, 6) is 0.529. The van der Waals surface area contributed by atoms with Crippen molar-refractivity contribution in [3.8, 4) is 0 Å². The fourth-order valence-corrected chi connectivity index (χ4v) is 4.02. The summed E-state index contributed by atoms with van der Waals surface area (Å²) in [5.41, 5.74) is 0. The fourth-order valence-electron chi connectivity index (χ4n) is 2.22. The second-order valence-electron chi connectivity index (χ2n) is 6.66. The first-order valence-corrected chi connectivity index (χ1v) is 8.04. The molecule has 1 saturated carbocycles. The molecule has 0 radical (unpaired) electrons. The van der Waals surface area contributed by atoms with E-state index in [2.05, 4.69) is 13.8 Å². The van der Waals surface area contributed by atoms with Gasteiger partial charge in [-0.05, 0) is 52.9 Å². The van der Waals surface area contributed by atoms with Crippen molar-refractivity contribution < 1.29 is 8.42 Å². The Kier molecular flexibility index (Phi) is 4.30. The van der Waals surface area contributed by atoms with Gasteiger partial charge in [0, 0.05) is 12.1 Å². The van der Waals surface area contributed by atoms with Crippen molar-refractivity contribution in [3.63, 3.8) is 0 Å². The van der Waals surface area contributed by atoms with Gasteiger partial charge < -0.3 is 0 Å². The lowest BCUT2D eigenvalue weighted by Crippen LogP contribution is -2.48. The van der Waals surface area contributed by atoms with Crippen molar-refractivity contribution >= 4 is 10.0 Å². The summed E-state index contributed by atoms with van der Waals surface area (Å²) in [4.78, 5) is 0. The maximum atomic E-state index is 12.6. The van der Waals surface area contributed by atoms with E-state index in [1.807, 2.05) is 6.92 Å². The van der Waals surface area contributed by atoms with Crippen molar-refractivity contribution in [1.82, 2.24) is 4.31 Å². The van der Waals surface area contributed by atoms with Crippen LogP contribution in [0.4, 0.5) is 0 Å². The molecular weight excluding hydrogens is 234 g/mol. The van der Waals surface area contributed by atoms with Crippen LogP contribution in [0.3, 0.4) is 0 Å². The predicted molar refractivity (Wildman–Crippen MR) is 72.5 cm³/mol. The standard InChI is InChI=1S/C13H27NO2S/c1-10(2)9-11(3)14(12-7-8-12)17(15,16)13(4,5)6/h10-12H,7-9H2,1-6H3/t11-/m0/s1. The molecule has 1 fully saturated rings. The van der Waals surface area contributed by atoms with E-state index in [9.17, 15) is 8.42 Å². The van der Waals surface area contributed by atoms with E-state index in [-0.39, 0.29) is 12.1 Å². The van der Waals surface area contributed by atoms with Crippen LogP contribution in [0.15, 0.2) is 0 Å². The highest BCUT2D eigenvalue weighted by Crippen LogP contribution is 2.36. The van der Waals surface area contributed by atoms with Gasteiger partial charge in [0.2, 0.25) is 10.0 Å². The van der Waals surface area contributed by atoms with Gasteiger partial charge in [0.25, 0.3) is 0 Å². The van der Waals surface area contributed by atoms with E-state index in [4.69, 9.17) is 0 Å². The largest absolute Gasteiger partial charge is 0.219 e. The molecule has 1 rings (SSSR count). The van der Waals surface area contributed by atoms with Crippen LogP contribution in [0.5, 0.6) is 0 Å². The Bertz CT molecular complexity index is 350. The highest BCUT2D eigenvalue weighted by atomic mass is 32.2. The Labute approximate surface area is 107 Å². The van der Waals surface area contributed by atoms with E-state index in [1.54, 1.807) is 25.1 Å². The summed E-state index contributed by atoms with van der Waals surface area (Å²) in [6, 6.07) is 0.375. The summed E-state index contributed by atoms with van der Waals surface area (Å²) in [6.45, 7) is 11.7. The third-order valence-electron chi connectivity index (χ3n) is 3.21. The van der Waals surface area contributed by atoms with Gasteiger partial charge in [0.1, 0.15) is 0 Å². The molecule has 0 aromatic rings. The molecule has 0 aromatic carbocycles. The van der Waals surface area contributed by atoms with Crippen molar-refractivity contribution in [2.24, 2.45) is 5.92 Å². The van der Waals surface area contributed by atoms with Gasteiger partial charge in [0.05, 0.1) is 4.75 Å². The van der Waals surface area contributed by atoms with Crippen LogP contribution >= 0.6 is 0 Å². The van der Waals surface area contributed by atoms with E-state index in [0.29, 0.717) is 5.92 Å². The Morgan fingerprint density at radius 2 is 1.65 bits per heavy atom. The Morgan fingerprint density at radius 1 is 1.18 bits per heavy atom. The molecule has 0 N–H and O–H groups in total. The zero-order chi connectivity index (χ0) is 13.4. The molecule has 1 aliphatic rings. The molecule has 0 unspecified atom stereocenters. The molecule has 3 nitrogen and oxygen atoms in total. The number of hydrogen-bond donors (Lipinski definition) is 0. The average molecular weight is 261 g/mol. The second kappa shape index (κ2) is 4.88. The van der Waals surface area contributed by atoms with Crippen molar-refractivity contribution in [2.75, 3.05) is 0 Å².